The number of anilines is 1. The van der Waals surface area contributed by atoms with Gasteiger partial charge in [0.15, 0.2) is 0 Å². The van der Waals surface area contributed by atoms with Crippen LogP contribution in [0.15, 0.2) is 60.7 Å². The SMILES string of the molecule is O=C(Nc1ccc(Cl)cc1C(=O)N1CCN(CCN2CCOCC2)CC1)c1cccc2ccccc12. The summed E-state index contributed by atoms with van der Waals surface area (Å²) in [5.74, 6) is -0.366. The van der Waals surface area contributed by atoms with Crippen LogP contribution in [0.25, 0.3) is 10.8 Å². The van der Waals surface area contributed by atoms with Gasteiger partial charge in [-0.1, -0.05) is 48.0 Å². The predicted octanol–water partition coefficient (Wildman–Crippen LogP) is 3.84. The van der Waals surface area contributed by atoms with Gasteiger partial charge in [-0.05, 0) is 35.0 Å². The Labute approximate surface area is 216 Å². The Balaban J connectivity index is 1.25. The molecular formula is C28H31ClN4O3. The summed E-state index contributed by atoms with van der Waals surface area (Å²) in [6, 6.07) is 18.4. The fourth-order valence-electron chi connectivity index (χ4n) is 4.87. The summed E-state index contributed by atoms with van der Waals surface area (Å²) >= 11 is 6.26. The van der Waals surface area contributed by atoms with E-state index in [4.69, 9.17) is 16.3 Å². The first-order valence-corrected chi connectivity index (χ1v) is 12.9. The molecule has 0 saturated carbocycles. The van der Waals surface area contributed by atoms with Gasteiger partial charge < -0.3 is 15.0 Å². The lowest BCUT2D eigenvalue weighted by atomic mass is 10.0. The smallest absolute Gasteiger partial charge is 0.256 e. The van der Waals surface area contributed by atoms with Gasteiger partial charge in [0.2, 0.25) is 0 Å². The topological polar surface area (TPSA) is 65.1 Å². The number of nitrogens with one attached hydrogen (secondary N) is 1. The number of carbonyl (C=O) groups is 2. The number of hydrogen-bond donors (Lipinski definition) is 1. The van der Waals surface area contributed by atoms with Crippen molar-refractivity contribution in [3.8, 4) is 0 Å². The van der Waals surface area contributed by atoms with Crippen molar-refractivity contribution in [1.29, 1.82) is 0 Å². The van der Waals surface area contributed by atoms with E-state index in [9.17, 15) is 9.59 Å². The van der Waals surface area contributed by atoms with Gasteiger partial charge in [-0.25, -0.2) is 0 Å². The molecule has 2 heterocycles. The highest BCUT2D eigenvalue weighted by Gasteiger charge is 2.25. The molecule has 0 bridgehead atoms. The minimum atomic E-state index is -0.254. The lowest BCUT2D eigenvalue weighted by Crippen LogP contribution is -2.51. The summed E-state index contributed by atoms with van der Waals surface area (Å²) in [4.78, 5) is 33.4. The van der Waals surface area contributed by atoms with Gasteiger partial charge >= 0.3 is 0 Å². The summed E-state index contributed by atoms with van der Waals surface area (Å²) < 4.78 is 5.42. The second kappa shape index (κ2) is 11.4. The quantitative estimate of drug-likeness (QED) is 0.550. The summed E-state index contributed by atoms with van der Waals surface area (Å²) in [6.07, 6.45) is 0. The van der Waals surface area contributed by atoms with E-state index in [-0.39, 0.29) is 11.8 Å². The maximum atomic E-state index is 13.5. The average Bonchev–Trinajstić information content (AvgIpc) is 2.93. The molecular weight excluding hydrogens is 476 g/mol. The Hall–Kier alpha value is -2.97. The Morgan fingerprint density at radius 3 is 2.28 bits per heavy atom. The van der Waals surface area contributed by atoms with Gasteiger partial charge in [0, 0.05) is 62.9 Å². The van der Waals surface area contributed by atoms with E-state index >= 15 is 0 Å². The number of rotatable bonds is 6. The number of hydrogen-bond acceptors (Lipinski definition) is 5. The van der Waals surface area contributed by atoms with Gasteiger partial charge in [-0.3, -0.25) is 19.4 Å². The molecule has 2 aliphatic rings. The van der Waals surface area contributed by atoms with Crippen molar-refractivity contribution >= 4 is 39.9 Å². The van der Waals surface area contributed by atoms with E-state index in [0.717, 1.165) is 63.3 Å². The molecule has 3 aromatic carbocycles. The molecule has 0 aliphatic carbocycles. The van der Waals surface area contributed by atoms with Crippen molar-refractivity contribution in [3.05, 3.63) is 76.8 Å². The van der Waals surface area contributed by atoms with Gasteiger partial charge in [0.1, 0.15) is 0 Å². The molecule has 2 fully saturated rings. The molecule has 3 aromatic rings. The summed E-state index contributed by atoms with van der Waals surface area (Å²) in [5, 5.41) is 5.28. The number of morpholine rings is 1. The molecule has 188 valence electrons. The minimum Gasteiger partial charge on any atom is -0.379 e. The zero-order valence-electron chi connectivity index (χ0n) is 20.3. The molecule has 7 nitrogen and oxygen atoms in total. The third kappa shape index (κ3) is 5.71. The number of amides is 2. The largest absolute Gasteiger partial charge is 0.379 e. The second-order valence-corrected chi connectivity index (χ2v) is 9.70. The zero-order chi connectivity index (χ0) is 24.9. The Morgan fingerprint density at radius 2 is 1.50 bits per heavy atom. The minimum absolute atomic E-state index is 0.112. The summed E-state index contributed by atoms with van der Waals surface area (Å²) in [5.41, 5.74) is 1.45. The number of nitrogens with zero attached hydrogens (tertiary/aromatic N) is 3. The van der Waals surface area contributed by atoms with E-state index in [1.54, 1.807) is 24.3 Å². The van der Waals surface area contributed by atoms with E-state index in [1.165, 1.54) is 0 Å². The van der Waals surface area contributed by atoms with E-state index in [2.05, 4.69) is 15.1 Å². The van der Waals surface area contributed by atoms with Gasteiger partial charge in [0.05, 0.1) is 24.5 Å². The van der Waals surface area contributed by atoms with E-state index < -0.39 is 0 Å². The molecule has 0 atom stereocenters. The Kier molecular flexibility index (Phi) is 7.82. The molecule has 2 saturated heterocycles. The number of carbonyl (C=O) groups excluding carboxylic acids is 2. The van der Waals surface area contributed by atoms with Crippen LogP contribution < -0.4 is 5.32 Å². The molecule has 2 amide bonds. The van der Waals surface area contributed by atoms with Crippen LogP contribution in [0.2, 0.25) is 5.02 Å². The Morgan fingerprint density at radius 1 is 0.806 bits per heavy atom. The first kappa shape index (κ1) is 24.7. The van der Waals surface area contributed by atoms with Crippen LogP contribution in [-0.2, 0) is 4.74 Å². The molecule has 8 heteroatoms. The molecule has 0 unspecified atom stereocenters. The van der Waals surface area contributed by atoms with Gasteiger partial charge in [-0.2, -0.15) is 0 Å². The van der Waals surface area contributed by atoms with E-state index in [1.807, 2.05) is 41.3 Å². The third-order valence-corrected chi connectivity index (χ3v) is 7.23. The normalized spacial score (nSPS) is 17.3. The van der Waals surface area contributed by atoms with Crippen LogP contribution in [0.1, 0.15) is 20.7 Å². The van der Waals surface area contributed by atoms with Crippen LogP contribution in [0.5, 0.6) is 0 Å². The second-order valence-electron chi connectivity index (χ2n) is 9.26. The third-order valence-electron chi connectivity index (χ3n) is 6.99. The highest BCUT2D eigenvalue weighted by Crippen LogP contribution is 2.25. The molecule has 2 aliphatic heterocycles. The average molecular weight is 507 g/mol. The first-order chi connectivity index (χ1) is 17.6. The van der Waals surface area contributed by atoms with Crippen LogP contribution in [0, 0.1) is 0 Å². The van der Waals surface area contributed by atoms with Crippen molar-refractivity contribution in [3.63, 3.8) is 0 Å². The van der Waals surface area contributed by atoms with Crippen molar-refractivity contribution in [1.82, 2.24) is 14.7 Å². The van der Waals surface area contributed by atoms with Gasteiger partial charge in [-0.15, -0.1) is 0 Å². The molecule has 0 aromatic heterocycles. The molecule has 1 N–H and O–H groups in total. The maximum Gasteiger partial charge on any atom is 0.256 e. The van der Waals surface area contributed by atoms with Crippen molar-refractivity contribution in [2.45, 2.75) is 0 Å². The lowest BCUT2D eigenvalue weighted by Gasteiger charge is -2.36. The van der Waals surface area contributed by atoms with Crippen LogP contribution in [-0.4, -0.2) is 92.1 Å². The van der Waals surface area contributed by atoms with E-state index in [0.29, 0.717) is 34.9 Å². The monoisotopic (exact) mass is 506 g/mol. The summed E-state index contributed by atoms with van der Waals surface area (Å²) in [6.45, 7) is 8.55. The number of halogens is 1. The summed E-state index contributed by atoms with van der Waals surface area (Å²) in [7, 11) is 0. The fourth-order valence-corrected chi connectivity index (χ4v) is 5.04. The zero-order valence-corrected chi connectivity index (χ0v) is 21.0. The highest BCUT2D eigenvalue weighted by atomic mass is 35.5. The van der Waals surface area contributed by atoms with Crippen LogP contribution >= 0.6 is 11.6 Å². The van der Waals surface area contributed by atoms with Crippen LogP contribution in [0.3, 0.4) is 0 Å². The Bertz CT molecular complexity index is 1230. The van der Waals surface area contributed by atoms with Gasteiger partial charge in [0.25, 0.3) is 11.8 Å². The predicted molar refractivity (Wildman–Crippen MR) is 143 cm³/mol. The van der Waals surface area contributed by atoms with Crippen LogP contribution in [0.4, 0.5) is 5.69 Å². The van der Waals surface area contributed by atoms with Crippen molar-refractivity contribution in [2.24, 2.45) is 0 Å². The highest BCUT2D eigenvalue weighted by molar-refractivity contribution is 6.31. The first-order valence-electron chi connectivity index (χ1n) is 12.5. The molecule has 0 spiro atoms. The number of ether oxygens (including phenoxy) is 1. The lowest BCUT2D eigenvalue weighted by molar-refractivity contribution is 0.0293. The fraction of sp³-hybridized carbons (Fsp3) is 0.357. The van der Waals surface area contributed by atoms with Crippen molar-refractivity contribution in [2.75, 3.05) is 70.9 Å². The number of benzene rings is 3. The molecule has 0 radical (unpaired) electrons. The molecule has 5 rings (SSSR count). The maximum absolute atomic E-state index is 13.5. The number of fused-ring (bicyclic) bond motifs is 1. The van der Waals surface area contributed by atoms with Crippen molar-refractivity contribution < 1.29 is 14.3 Å². The molecule has 36 heavy (non-hydrogen) atoms. The standard InChI is InChI=1S/C28H31ClN4O3/c29-22-8-9-26(30-27(34)24-7-3-5-21-4-1-2-6-23(21)24)25(20-22)28(35)33-14-12-31(13-15-33)10-11-32-16-18-36-19-17-32/h1-9,20H,10-19H2,(H,30,34). The number of piperazine rings is 1.